The monoisotopic (exact) mass is 420 g/mol. The van der Waals surface area contributed by atoms with Gasteiger partial charge in [-0.1, -0.05) is 41.9 Å². The quantitative estimate of drug-likeness (QED) is 0.447. The van der Waals surface area contributed by atoms with E-state index in [4.69, 9.17) is 11.6 Å². The number of hydrogen-bond donors (Lipinski definition) is 0. The van der Waals surface area contributed by atoms with E-state index in [2.05, 4.69) is 9.88 Å². The van der Waals surface area contributed by atoms with Gasteiger partial charge in [-0.25, -0.2) is 9.37 Å². The highest BCUT2D eigenvalue weighted by molar-refractivity contribution is 6.31. The minimum absolute atomic E-state index is 0.128. The molecule has 1 aliphatic heterocycles. The molecule has 1 aromatic heterocycles. The van der Waals surface area contributed by atoms with Crippen molar-refractivity contribution in [2.24, 2.45) is 0 Å². The fraction of sp³-hybridized carbons (Fsp3) is 0.227. The lowest BCUT2D eigenvalue weighted by Crippen LogP contribution is -2.40. The summed E-state index contributed by atoms with van der Waals surface area (Å²) < 4.78 is 53.9. The molecule has 0 N–H and O–H groups in total. The smallest absolute Gasteiger partial charge is 0.292 e. The van der Waals surface area contributed by atoms with Gasteiger partial charge in [0, 0.05) is 24.7 Å². The second-order valence-electron chi connectivity index (χ2n) is 7.06. The van der Waals surface area contributed by atoms with Gasteiger partial charge < -0.3 is 0 Å². The number of hydrogen-bond acceptors (Lipinski definition) is 2. The van der Waals surface area contributed by atoms with Crippen LogP contribution in [0.1, 0.15) is 29.3 Å². The van der Waals surface area contributed by atoms with Crippen LogP contribution in [0.15, 0.2) is 60.7 Å². The second kappa shape index (κ2) is 7.76. The molecule has 29 heavy (non-hydrogen) atoms. The van der Waals surface area contributed by atoms with E-state index >= 15 is 0 Å². The predicted octanol–water partition coefficient (Wildman–Crippen LogP) is 6.51. The van der Waals surface area contributed by atoms with Crippen molar-refractivity contribution in [2.75, 3.05) is 6.54 Å². The molecule has 1 unspecified atom stereocenters. The van der Waals surface area contributed by atoms with Gasteiger partial charge in [0.15, 0.2) is 0 Å². The molecule has 7 heteroatoms. The van der Waals surface area contributed by atoms with Gasteiger partial charge in [-0.3, -0.25) is 4.90 Å². The second-order valence-corrected chi connectivity index (χ2v) is 7.47. The Labute approximate surface area is 170 Å². The Morgan fingerprint density at radius 2 is 1.79 bits per heavy atom. The van der Waals surface area contributed by atoms with Crippen LogP contribution in [0.5, 0.6) is 0 Å². The normalized spacial score (nSPS) is 17.2. The van der Waals surface area contributed by atoms with Crippen molar-refractivity contribution in [1.29, 1.82) is 0 Å². The molecule has 3 aromatic rings. The van der Waals surface area contributed by atoms with Crippen molar-refractivity contribution in [1.82, 2.24) is 9.88 Å². The van der Waals surface area contributed by atoms with Gasteiger partial charge >= 0.3 is 6.18 Å². The van der Waals surface area contributed by atoms with E-state index < -0.39 is 17.7 Å². The number of alkyl halides is 3. The van der Waals surface area contributed by atoms with E-state index in [0.717, 1.165) is 30.7 Å². The number of benzene rings is 2. The van der Waals surface area contributed by atoms with Crippen LogP contribution in [0.25, 0.3) is 11.3 Å². The number of pyridine rings is 1. The van der Waals surface area contributed by atoms with Crippen molar-refractivity contribution >= 4 is 11.6 Å². The molecule has 1 aliphatic rings. The third-order valence-electron chi connectivity index (χ3n) is 5.10. The van der Waals surface area contributed by atoms with Crippen molar-refractivity contribution in [3.8, 4) is 11.3 Å². The Morgan fingerprint density at radius 1 is 1.03 bits per heavy atom. The van der Waals surface area contributed by atoms with Crippen molar-refractivity contribution in [3.63, 3.8) is 0 Å². The molecule has 0 aliphatic carbocycles. The summed E-state index contributed by atoms with van der Waals surface area (Å²) in [5, 5.41) is -0.155. The van der Waals surface area contributed by atoms with Crippen LogP contribution in [0.2, 0.25) is 5.02 Å². The first-order valence-electron chi connectivity index (χ1n) is 9.14. The highest BCUT2D eigenvalue weighted by atomic mass is 35.5. The molecular formula is C22H17ClF4N2. The van der Waals surface area contributed by atoms with Gasteiger partial charge in [-0.15, -0.1) is 0 Å². The summed E-state index contributed by atoms with van der Waals surface area (Å²) in [4.78, 5) is 5.90. The number of rotatable bonds is 4. The zero-order chi connectivity index (χ0) is 20.6. The van der Waals surface area contributed by atoms with E-state index in [1.165, 1.54) is 12.1 Å². The number of likely N-dealkylation sites (tertiary alicyclic amines) is 1. The SMILES string of the molecule is Fc1ccc(-c2cc(C3CCN3Cc3ccccc3)cc(C(F)(F)F)n2)cc1Cl. The van der Waals surface area contributed by atoms with Crippen LogP contribution < -0.4 is 0 Å². The maximum absolute atomic E-state index is 13.5. The lowest BCUT2D eigenvalue weighted by atomic mass is 9.92. The molecule has 0 saturated carbocycles. The van der Waals surface area contributed by atoms with Crippen LogP contribution in [0, 0.1) is 5.82 Å². The Morgan fingerprint density at radius 3 is 2.41 bits per heavy atom. The summed E-state index contributed by atoms with van der Waals surface area (Å²) in [5.41, 5.74) is 1.16. The van der Waals surface area contributed by atoms with Gasteiger partial charge in [0.1, 0.15) is 11.5 Å². The third-order valence-corrected chi connectivity index (χ3v) is 5.39. The molecule has 4 rings (SSSR count). The van der Waals surface area contributed by atoms with Gasteiger partial charge in [-0.05, 0) is 47.9 Å². The third kappa shape index (κ3) is 4.28. The summed E-state index contributed by atoms with van der Waals surface area (Å²) in [6.07, 6.45) is -3.82. The lowest BCUT2D eigenvalue weighted by Gasteiger charge is -2.41. The van der Waals surface area contributed by atoms with Crippen LogP contribution in [0.4, 0.5) is 17.6 Å². The van der Waals surface area contributed by atoms with Gasteiger partial charge in [-0.2, -0.15) is 13.2 Å². The molecule has 150 valence electrons. The summed E-state index contributed by atoms with van der Waals surface area (Å²) in [7, 11) is 0. The molecule has 1 saturated heterocycles. The largest absolute Gasteiger partial charge is 0.433 e. The molecule has 0 spiro atoms. The molecule has 0 bridgehead atoms. The zero-order valence-electron chi connectivity index (χ0n) is 15.3. The average Bonchev–Trinajstić information content (AvgIpc) is 2.67. The lowest BCUT2D eigenvalue weighted by molar-refractivity contribution is -0.141. The molecule has 1 atom stereocenters. The van der Waals surface area contributed by atoms with E-state index in [-0.39, 0.29) is 16.8 Å². The molecular weight excluding hydrogens is 404 g/mol. The Hall–Kier alpha value is -2.44. The fourth-order valence-corrected chi connectivity index (χ4v) is 3.70. The maximum Gasteiger partial charge on any atom is 0.433 e. The first kappa shape index (κ1) is 19.9. The molecule has 1 fully saturated rings. The molecule has 0 amide bonds. The van der Waals surface area contributed by atoms with Crippen molar-refractivity contribution in [3.05, 3.63) is 88.3 Å². The standard InChI is InChI=1S/C22H17ClF4N2/c23-17-10-15(6-7-18(17)24)19-11-16(12-21(28-19)22(25,26)27)20-8-9-29(20)13-14-4-2-1-3-5-14/h1-7,10-12,20H,8-9,13H2. The van der Waals surface area contributed by atoms with Crippen LogP contribution in [-0.4, -0.2) is 16.4 Å². The Balaban J connectivity index is 1.70. The number of halogens is 5. The fourth-order valence-electron chi connectivity index (χ4n) is 3.52. The highest BCUT2D eigenvalue weighted by Gasteiger charge is 2.36. The van der Waals surface area contributed by atoms with E-state index in [0.29, 0.717) is 17.7 Å². The zero-order valence-corrected chi connectivity index (χ0v) is 16.0. The van der Waals surface area contributed by atoms with E-state index in [1.807, 2.05) is 30.3 Å². The van der Waals surface area contributed by atoms with Gasteiger partial charge in [0.05, 0.1) is 10.7 Å². The van der Waals surface area contributed by atoms with E-state index in [9.17, 15) is 17.6 Å². The number of nitrogens with zero attached hydrogens (tertiary/aromatic N) is 2. The molecule has 2 heterocycles. The highest BCUT2D eigenvalue weighted by Crippen LogP contribution is 2.39. The van der Waals surface area contributed by atoms with Crippen LogP contribution in [-0.2, 0) is 12.7 Å². The summed E-state index contributed by atoms with van der Waals surface area (Å²) in [6.45, 7) is 1.47. The van der Waals surface area contributed by atoms with Gasteiger partial charge in [0.2, 0.25) is 0 Å². The topological polar surface area (TPSA) is 16.1 Å². The molecule has 2 nitrogen and oxygen atoms in total. The predicted molar refractivity (Wildman–Crippen MR) is 104 cm³/mol. The molecule has 2 aromatic carbocycles. The number of aromatic nitrogens is 1. The van der Waals surface area contributed by atoms with Crippen LogP contribution >= 0.6 is 11.6 Å². The van der Waals surface area contributed by atoms with Crippen molar-refractivity contribution < 1.29 is 17.6 Å². The Kier molecular flexibility index (Phi) is 5.32. The summed E-state index contributed by atoms with van der Waals surface area (Å²) >= 11 is 5.81. The average molecular weight is 421 g/mol. The Bertz CT molecular complexity index is 1020. The maximum atomic E-state index is 13.5. The minimum Gasteiger partial charge on any atom is -0.292 e. The molecule has 0 radical (unpaired) electrons. The summed E-state index contributed by atoms with van der Waals surface area (Å²) in [6, 6.07) is 16.2. The van der Waals surface area contributed by atoms with Crippen molar-refractivity contribution in [2.45, 2.75) is 25.2 Å². The minimum atomic E-state index is -4.58. The van der Waals surface area contributed by atoms with E-state index in [1.54, 1.807) is 6.07 Å². The van der Waals surface area contributed by atoms with Gasteiger partial charge in [0.25, 0.3) is 0 Å². The first-order chi connectivity index (χ1) is 13.8. The summed E-state index contributed by atoms with van der Waals surface area (Å²) in [5.74, 6) is -0.629. The first-order valence-corrected chi connectivity index (χ1v) is 9.51. The van der Waals surface area contributed by atoms with Crippen LogP contribution in [0.3, 0.4) is 0 Å².